The van der Waals surface area contributed by atoms with Gasteiger partial charge in [-0.2, -0.15) is 0 Å². The van der Waals surface area contributed by atoms with Gasteiger partial charge >= 0.3 is 0 Å². The molecule has 4 rings (SSSR count). The second kappa shape index (κ2) is 10.4. The van der Waals surface area contributed by atoms with Gasteiger partial charge in [0.2, 0.25) is 11.1 Å². The third kappa shape index (κ3) is 5.38. The number of nitrogens with zero attached hydrogens (tertiary/aromatic N) is 4. The van der Waals surface area contributed by atoms with Crippen LogP contribution in [0.15, 0.2) is 84.0 Å². The molecule has 10 heteroatoms. The molecule has 0 unspecified atom stereocenters. The van der Waals surface area contributed by atoms with Crippen LogP contribution >= 0.6 is 23.4 Å². The lowest BCUT2D eigenvalue weighted by molar-refractivity contribution is -0.384. The lowest BCUT2D eigenvalue weighted by Gasteiger charge is -2.13. The van der Waals surface area contributed by atoms with E-state index in [1.165, 1.54) is 18.2 Å². The van der Waals surface area contributed by atoms with Gasteiger partial charge in [-0.05, 0) is 13.0 Å². The molecule has 0 radical (unpaired) electrons. The predicted molar refractivity (Wildman–Crippen MR) is 133 cm³/mol. The number of rotatable bonds is 7. The van der Waals surface area contributed by atoms with Crippen molar-refractivity contribution in [2.24, 2.45) is 0 Å². The Hall–Kier alpha value is -3.82. The van der Waals surface area contributed by atoms with E-state index in [0.29, 0.717) is 16.5 Å². The molecule has 0 aliphatic carbocycles. The van der Waals surface area contributed by atoms with E-state index < -0.39 is 16.1 Å². The zero-order valence-electron chi connectivity index (χ0n) is 17.9. The summed E-state index contributed by atoms with van der Waals surface area (Å²) in [7, 11) is 0. The summed E-state index contributed by atoms with van der Waals surface area (Å²) in [6, 6.07) is 23.1. The normalized spacial score (nSPS) is 11.6. The van der Waals surface area contributed by atoms with Gasteiger partial charge in [0.15, 0.2) is 0 Å². The maximum atomic E-state index is 12.8. The molecule has 34 heavy (non-hydrogen) atoms. The van der Waals surface area contributed by atoms with E-state index in [1.807, 2.05) is 60.7 Å². The molecule has 0 fully saturated rings. The summed E-state index contributed by atoms with van der Waals surface area (Å²) < 4.78 is 0. The smallest absolute Gasteiger partial charge is 0.271 e. The molecule has 170 valence electrons. The number of nitro groups is 1. The van der Waals surface area contributed by atoms with Gasteiger partial charge in [0, 0.05) is 23.3 Å². The fourth-order valence-electron chi connectivity index (χ4n) is 3.12. The molecule has 0 aliphatic heterocycles. The van der Waals surface area contributed by atoms with Crippen LogP contribution in [-0.4, -0.2) is 31.3 Å². The van der Waals surface area contributed by atoms with Crippen LogP contribution < -0.4 is 5.32 Å². The summed E-state index contributed by atoms with van der Waals surface area (Å²) in [5.41, 5.74) is 3.03. The summed E-state index contributed by atoms with van der Waals surface area (Å²) >= 11 is 7.22. The van der Waals surface area contributed by atoms with Gasteiger partial charge in [-0.25, -0.2) is 4.98 Å². The van der Waals surface area contributed by atoms with Crippen molar-refractivity contribution in [1.82, 2.24) is 15.2 Å². The van der Waals surface area contributed by atoms with Crippen LogP contribution in [0, 0.1) is 10.1 Å². The molecular weight excluding hydrogens is 474 g/mol. The molecule has 0 saturated heterocycles. The van der Waals surface area contributed by atoms with Gasteiger partial charge in [0.05, 0.1) is 20.9 Å². The Morgan fingerprint density at radius 1 is 0.971 bits per heavy atom. The Kier molecular flexibility index (Phi) is 7.15. The summed E-state index contributed by atoms with van der Waals surface area (Å²) in [5, 5.41) is 22.2. The predicted octanol–water partition coefficient (Wildman–Crippen LogP) is 5.89. The number of halogens is 1. The number of benzene rings is 3. The van der Waals surface area contributed by atoms with E-state index in [2.05, 4.69) is 15.5 Å². The molecule has 0 spiro atoms. The number of hydrogen-bond acceptors (Lipinski definition) is 7. The van der Waals surface area contributed by atoms with Gasteiger partial charge in [0.1, 0.15) is 11.4 Å². The molecule has 0 aliphatic rings. The molecule has 1 heterocycles. The largest absolute Gasteiger partial charge is 0.324 e. The van der Waals surface area contributed by atoms with Crippen molar-refractivity contribution in [3.63, 3.8) is 0 Å². The Balaban J connectivity index is 1.59. The van der Waals surface area contributed by atoms with E-state index >= 15 is 0 Å². The number of nitro benzene ring substituents is 1. The summed E-state index contributed by atoms with van der Waals surface area (Å²) in [4.78, 5) is 27.9. The average Bonchev–Trinajstić information content (AvgIpc) is 2.86. The zero-order valence-corrected chi connectivity index (χ0v) is 19.5. The number of anilines is 1. The molecule has 1 atom stereocenters. The van der Waals surface area contributed by atoms with E-state index in [1.54, 1.807) is 6.92 Å². The number of thioether (sulfide) groups is 1. The monoisotopic (exact) mass is 491 g/mol. The Morgan fingerprint density at radius 2 is 1.59 bits per heavy atom. The van der Waals surface area contributed by atoms with Crippen molar-refractivity contribution in [1.29, 1.82) is 0 Å². The number of carbonyl (C=O) groups is 1. The topological polar surface area (TPSA) is 111 Å². The Bertz CT molecular complexity index is 1340. The van der Waals surface area contributed by atoms with Crippen LogP contribution in [0.5, 0.6) is 0 Å². The number of aromatic nitrogens is 3. The van der Waals surface area contributed by atoms with Crippen LogP contribution in [0.4, 0.5) is 11.4 Å². The van der Waals surface area contributed by atoms with Crippen LogP contribution in [0.25, 0.3) is 22.5 Å². The molecule has 1 N–H and O–H groups in total. The fraction of sp³-hybridized carbons (Fsp3) is 0.0833. The molecule has 4 aromatic rings. The number of hydrogen-bond donors (Lipinski definition) is 1. The van der Waals surface area contributed by atoms with Crippen molar-refractivity contribution in [2.45, 2.75) is 17.3 Å². The average molecular weight is 492 g/mol. The van der Waals surface area contributed by atoms with Crippen molar-refractivity contribution >= 4 is 40.6 Å². The quantitative estimate of drug-likeness (QED) is 0.195. The van der Waals surface area contributed by atoms with Crippen LogP contribution in [0.2, 0.25) is 5.02 Å². The van der Waals surface area contributed by atoms with Gasteiger partial charge in [0.25, 0.3) is 5.69 Å². The lowest BCUT2D eigenvalue weighted by atomic mass is 10.0. The molecule has 0 saturated carbocycles. The van der Waals surface area contributed by atoms with Crippen molar-refractivity contribution < 1.29 is 9.72 Å². The first-order valence-corrected chi connectivity index (χ1v) is 11.4. The second-order valence-corrected chi connectivity index (χ2v) is 8.91. The second-order valence-electron chi connectivity index (χ2n) is 7.19. The minimum absolute atomic E-state index is 0.164. The summed E-state index contributed by atoms with van der Waals surface area (Å²) in [6.07, 6.45) is 0. The fourth-order valence-corrected chi connectivity index (χ4v) is 4.00. The molecule has 3 aromatic carbocycles. The third-order valence-corrected chi connectivity index (χ3v) is 6.11. The SMILES string of the molecule is C[C@H](Sc1nnc(-c2ccccc2)c(-c2ccccc2)n1)C(=O)Nc1cc([N+](=O)[O-])ccc1Cl. The number of nitrogens with one attached hydrogen (secondary N) is 1. The first kappa shape index (κ1) is 23.3. The van der Waals surface area contributed by atoms with Crippen molar-refractivity contribution in [3.05, 3.63) is 94.0 Å². The first-order chi connectivity index (χ1) is 16.4. The van der Waals surface area contributed by atoms with E-state index in [9.17, 15) is 14.9 Å². The van der Waals surface area contributed by atoms with Crippen LogP contribution in [-0.2, 0) is 4.79 Å². The van der Waals surface area contributed by atoms with Crippen molar-refractivity contribution in [3.8, 4) is 22.5 Å². The minimum Gasteiger partial charge on any atom is -0.324 e. The molecule has 0 bridgehead atoms. The Morgan fingerprint density at radius 3 is 2.21 bits per heavy atom. The minimum atomic E-state index is -0.622. The molecule has 1 aromatic heterocycles. The number of amides is 1. The molecular formula is C24H18ClN5O3S. The third-order valence-electron chi connectivity index (χ3n) is 4.83. The molecule has 1 amide bonds. The highest BCUT2D eigenvalue weighted by atomic mass is 35.5. The highest BCUT2D eigenvalue weighted by Crippen LogP contribution is 2.31. The van der Waals surface area contributed by atoms with Crippen molar-refractivity contribution in [2.75, 3.05) is 5.32 Å². The van der Waals surface area contributed by atoms with Gasteiger partial charge < -0.3 is 5.32 Å². The highest BCUT2D eigenvalue weighted by molar-refractivity contribution is 8.00. The van der Waals surface area contributed by atoms with Crippen LogP contribution in [0.1, 0.15) is 6.92 Å². The number of non-ortho nitro benzene ring substituents is 1. The standard InChI is InChI=1S/C24H18ClN5O3S/c1-15(23(31)26-20-14-18(30(32)33)12-13-19(20)25)34-24-27-21(16-8-4-2-5-9-16)22(28-29-24)17-10-6-3-7-11-17/h2-15H,1H3,(H,26,31)/t15-/m0/s1. The van der Waals surface area contributed by atoms with Gasteiger partial charge in [-0.1, -0.05) is 84.0 Å². The summed E-state index contributed by atoms with van der Waals surface area (Å²) in [5.74, 6) is -0.399. The van der Waals surface area contributed by atoms with E-state index in [4.69, 9.17) is 16.6 Å². The maximum absolute atomic E-state index is 12.8. The summed E-state index contributed by atoms with van der Waals surface area (Å²) in [6.45, 7) is 1.68. The van der Waals surface area contributed by atoms with E-state index in [-0.39, 0.29) is 16.4 Å². The zero-order chi connectivity index (χ0) is 24.1. The maximum Gasteiger partial charge on any atom is 0.271 e. The molecule has 8 nitrogen and oxygen atoms in total. The highest BCUT2D eigenvalue weighted by Gasteiger charge is 2.21. The van der Waals surface area contributed by atoms with Gasteiger partial charge in [-0.15, -0.1) is 10.2 Å². The lowest BCUT2D eigenvalue weighted by Crippen LogP contribution is -2.23. The van der Waals surface area contributed by atoms with Gasteiger partial charge in [-0.3, -0.25) is 14.9 Å². The van der Waals surface area contributed by atoms with Crippen LogP contribution in [0.3, 0.4) is 0 Å². The number of carbonyl (C=O) groups excluding carboxylic acids is 1. The van der Waals surface area contributed by atoms with E-state index in [0.717, 1.165) is 22.9 Å². The Labute approximate surface area is 204 Å². The first-order valence-electron chi connectivity index (χ1n) is 10.2.